The average Bonchev–Trinajstić information content (AvgIpc) is 2.41. The van der Waals surface area contributed by atoms with E-state index in [4.69, 9.17) is 4.55 Å². The highest BCUT2D eigenvalue weighted by molar-refractivity contribution is 7.93. The van der Waals surface area contributed by atoms with E-state index < -0.39 is 6.10 Å². The molecule has 0 aromatic heterocycles. The van der Waals surface area contributed by atoms with Crippen molar-refractivity contribution in [2.45, 2.75) is 77.2 Å². The maximum absolute atomic E-state index is 9.56. The van der Waals surface area contributed by atoms with Crippen LogP contribution in [0.5, 0.6) is 0 Å². The molecule has 0 bridgehead atoms. The summed E-state index contributed by atoms with van der Waals surface area (Å²) in [6.45, 7) is 3.97. The molecule has 20 heavy (non-hydrogen) atoms. The molecule has 1 atom stereocenters. The summed E-state index contributed by atoms with van der Waals surface area (Å²) < 4.78 is 8.65. The Bertz CT molecular complexity index is 193. The number of aliphatic hydroxyl groups excluding tert-OH is 1. The van der Waals surface area contributed by atoms with Crippen LogP contribution in [0.2, 0.25) is 0 Å². The number of aliphatic hydroxyl groups is 1. The zero-order chi connectivity index (χ0) is 15.1. The third-order valence-electron chi connectivity index (χ3n) is 3.68. The lowest BCUT2D eigenvalue weighted by molar-refractivity contribution is 0.143. The first-order chi connectivity index (χ1) is 9.70. The van der Waals surface area contributed by atoms with Crippen LogP contribution >= 0.6 is 12.0 Å². The first-order valence-corrected chi connectivity index (χ1v) is 9.28. The van der Waals surface area contributed by atoms with Crippen molar-refractivity contribution in [3.05, 3.63) is 0 Å². The summed E-state index contributed by atoms with van der Waals surface area (Å²) >= 11 is 0.719. The zero-order valence-corrected chi connectivity index (χ0v) is 14.3. The van der Waals surface area contributed by atoms with E-state index in [2.05, 4.69) is 11.8 Å². The van der Waals surface area contributed by atoms with Crippen LogP contribution < -0.4 is 0 Å². The molecular weight excluding hydrogens is 270 g/mol. The van der Waals surface area contributed by atoms with Gasteiger partial charge in [-0.2, -0.15) is 0 Å². The maximum Gasteiger partial charge on any atom is 0.0779 e. The van der Waals surface area contributed by atoms with Crippen LogP contribution in [0.25, 0.3) is 0 Å². The molecule has 0 spiro atoms. The number of hydrogen-bond donors (Lipinski definition) is 2. The SMILES string of the molecule is CCCCCCCCCCCCN(C)CC(O)CSO. The van der Waals surface area contributed by atoms with Crippen molar-refractivity contribution in [1.29, 1.82) is 0 Å². The summed E-state index contributed by atoms with van der Waals surface area (Å²) in [4.78, 5) is 2.16. The summed E-state index contributed by atoms with van der Waals surface area (Å²) in [5.74, 6) is 0.405. The first kappa shape index (κ1) is 20.2. The second-order valence-corrected chi connectivity index (χ2v) is 6.49. The molecule has 0 aromatic carbocycles. The molecule has 0 radical (unpaired) electrons. The lowest BCUT2D eigenvalue weighted by Gasteiger charge is -2.19. The molecule has 0 aliphatic carbocycles. The molecule has 0 aliphatic heterocycles. The standard InChI is InChI=1S/C16H35NO2S/c1-3-4-5-6-7-8-9-10-11-12-13-17(2)14-16(18)15-20-19/h16,18-19H,3-15H2,1-2H3. The highest BCUT2D eigenvalue weighted by Gasteiger charge is 2.07. The Morgan fingerprint density at radius 2 is 1.40 bits per heavy atom. The molecule has 0 saturated carbocycles. The number of unbranched alkanes of at least 4 members (excludes halogenated alkanes) is 9. The normalized spacial score (nSPS) is 13.1. The summed E-state index contributed by atoms with van der Waals surface area (Å²) in [6.07, 6.45) is 13.2. The maximum atomic E-state index is 9.56. The van der Waals surface area contributed by atoms with Gasteiger partial charge in [-0.3, -0.25) is 0 Å². The molecule has 0 heterocycles. The minimum absolute atomic E-state index is 0.405. The predicted octanol–water partition coefficient (Wildman–Crippen LogP) is 4.41. The van der Waals surface area contributed by atoms with Crippen LogP contribution in [0.1, 0.15) is 71.1 Å². The molecule has 122 valence electrons. The quantitative estimate of drug-likeness (QED) is 0.347. The van der Waals surface area contributed by atoms with Gasteiger partial charge in [0.2, 0.25) is 0 Å². The third kappa shape index (κ3) is 14.6. The molecule has 0 amide bonds. The minimum Gasteiger partial charge on any atom is -0.391 e. The van der Waals surface area contributed by atoms with Gasteiger partial charge in [-0.15, -0.1) is 0 Å². The van der Waals surface area contributed by atoms with Crippen LogP contribution in [-0.4, -0.2) is 46.6 Å². The summed E-state index contributed by atoms with van der Waals surface area (Å²) in [5.41, 5.74) is 0. The third-order valence-corrected chi connectivity index (χ3v) is 4.22. The molecule has 0 fully saturated rings. The van der Waals surface area contributed by atoms with Crippen molar-refractivity contribution in [3.8, 4) is 0 Å². The van der Waals surface area contributed by atoms with E-state index in [1.807, 2.05) is 7.05 Å². The van der Waals surface area contributed by atoms with Gasteiger partial charge in [0.05, 0.1) is 6.10 Å². The Labute approximate surface area is 130 Å². The lowest BCUT2D eigenvalue weighted by Crippen LogP contribution is -2.31. The van der Waals surface area contributed by atoms with Crippen molar-refractivity contribution in [2.75, 3.05) is 25.9 Å². The van der Waals surface area contributed by atoms with Crippen LogP contribution in [0.15, 0.2) is 0 Å². The van der Waals surface area contributed by atoms with Gasteiger partial charge in [-0.25, -0.2) is 0 Å². The van der Waals surface area contributed by atoms with Crippen molar-refractivity contribution >= 4 is 12.0 Å². The lowest BCUT2D eigenvalue weighted by atomic mass is 10.1. The van der Waals surface area contributed by atoms with E-state index in [0.29, 0.717) is 12.3 Å². The first-order valence-electron chi connectivity index (χ1n) is 8.33. The van der Waals surface area contributed by atoms with Crippen molar-refractivity contribution < 1.29 is 9.66 Å². The van der Waals surface area contributed by atoms with Gasteiger partial charge >= 0.3 is 0 Å². The van der Waals surface area contributed by atoms with Crippen molar-refractivity contribution in [1.82, 2.24) is 4.90 Å². The fourth-order valence-corrected chi connectivity index (χ4v) is 2.74. The Morgan fingerprint density at radius 3 is 1.90 bits per heavy atom. The summed E-state index contributed by atoms with van der Waals surface area (Å²) in [6, 6.07) is 0. The molecular formula is C16H35NO2S. The fraction of sp³-hybridized carbons (Fsp3) is 1.00. The molecule has 0 saturated heterocycles. The Kier molecular flexibility index (Phi) is 15.8. The van der Waals surface area contributed by atoms with Gasteiger partial charge in [0, 0.05) is 12.3 Å². The van der Waals surface area contributed by atoms with Gasteiger partial charge in [0.15, 0.2) is 0 Å². The molecule has 1 unspecified atom stereocenters. The zero-order valence-electron chi connectivity index (χ0n) is 13.5. The monoisotopic (exact) mass is 305 g/mol. The molecule has 3 nitrogen and oxygen atoms in total. The Morgan fingerprint density at radius 1 is 0.900 bits per heavy atom. The molecule has 0 aliphatic rings. The second-order valence-electron chi connectivity index (χ2n) is 5.89. The summed E-state index contributed by atoms with van der Waals surface area (Å²) in [7, 11) is 2.04. The van der Waals surface area contributed by atoms with Gasteiger partial charge in [0.1, 0.15) is 0 Å². The second kappa shape index (κ2) is 15.6. The van der Waals surface area contributed by atoms with E-state index in [9.17, 15) is 5.11 Å². The van der Waals surface area contributed by atoms with Gasteiger partial charge in [-0.1, -0.05) is 64.7 Å². The van der Waals surface area contributed by atoms with E-state index >= 15 is 0 Å². The molecule has 0 aromatic rings. The van der Waals surface area contributed by atoms with E-state index in [1.54, 1.807) is 0 Å². The molecule has 4 heteroatoms. The van der Waals surface area contributed by atoms with Crippen LogP contribution in [0, 0.1) is 0 Å². The van der Waals surface area contributed by atoms with Crippen molar-refractivity contribution in [2.24, 2.45) is 0 Å². The number of rotatable bonds is 15. The van der Waals surface area contributed by atoms with Gasteiger partial charge in [-0.05, 0) is 32.1 Å². The van der Waals surface area contributed by atoms with E-state index in [0.717, 1.165) is 18.6 Å². The Hall–Kier alpha value is 0.230. The Balaban J connectivity index is 3.19. The number of nitrogens with zero attached hydrogens (tertiary/aromatic N) is 1. The average molecular weight is 306 g/mol. The highest BCUT2D eigenvalue weighted by atomic mass is 32.2. The highest BCUT2D eigenvalue weighted by Crippen LogP contribution is 2.10. The predicted molar refractivity (Wildman–Crippen MR) is 90.4 cm³/mol. The largest absolute Gasteiger partial charge is 0.391 e. The van der Waals surface area contributed by atoms with Gasteiger partial charge < -0.3 is 14.6 Å². The smallest absolute Gasteiger partial charge is 0.0779 e. The van der Waals surface area contributed by atoms with E-state index in [-0.39, 0.29) is 0 Å². The van der Waals surface area contributed by atoms with Crippen LogP contribution in [0.3, 0.4) is 0 Å². The van der Waals surface area contributed by atoms with Crippen LogP contribution in [0.4, 0.5) is 0 Å². The fourth-order valence-electron chi connectivity index (χ4n) is 2.46. The minimum atomic E-state index is -0.418. The molecule has 2 N–H and O–H groups in total. The van der Waals surface area contributed by atoms with Crippen LogP contribution in [-0.2, 0) is 0 Å². The summed E-state index contributed by atoms with van der Waals surface area (Å²) in [5, 5.41) is 9.56. The van der Waals surface area contributed by atoms with E-state index in [1.165, 1.54) is 64.2 Å². The van der Waals surface area contributed by atoms with Gasteiger partial charge in [0.25, 0.3) is 0 Å². The number of likely N-dealkylation sites (N-methyl/N-ethyl adjacent to an activating group) is 1. The van der Waals surface area contributed by atoms with Crippen molar-refractivity contribution in [3.63, 3.8) is 0 Å². The molecule has 0 rings (SSSR count). The topological polar surface area (TPSA) is 43.7 Å². The number of hydrogen-bond acceptors (Lipinski definition) is 4.